The smallest absolute Gasteiger partial charge is 0.255 e. The molecule has 2 N–H and O–H groups in total. The van der Waals surface area contributed by atoms with Crippen LogP contribution in [0.25, 0.3) is 0 Å². The van der Waals surface area contributed by atoms with Crippen molar-refractivity contribution in [3.63, 3.8) is 0 Å². The molecule has 5 nitrogen and oxygen atoms in total. The fourth-order valence-corrected chi connectivity index (χ4v) is 2.48. The van der Waals surface area contributed by atoms with Gasteiger partial charge in [-0.3, -0.25) is 14.0 Å². The van der Waals surface area contributed by atoms with Gasteiger partial charge in [0.2, 0.25) is 0 Å². The molecule has 0 saturated heterocycles. The second-order valence-corrected chi connectivity index (χ2v) is 6.40. The summed E-state index contributed by atoms with van der Waals surface area (Å²) >= 11 is 0. The van der Waals surface area contributed by atoms with E-state index in [0.29, 0.717) is 17.7 Å². The Morgan fingerprint density at radius 1 is 1.50 bits per heavy atom. The standard InChI is InChI=1S/C14H23N3O2S/c1-5-15-13-8-11(3)16-9-12(13)14(18)17-10(2)6-7-20(4)19/h8-10H,5-7H2,1-4H3,(H,15,16)(H,17,18). The second kappa shape index (κ2) is 7.99. The van der Waals surface area contributed by atoms with E-state index in [0.717, 1.165) is 17.9 Å². The molecule has 1 aromatic heterocycles. The molecule has 0 radical (unpaired) electrons. The molecule has 0 spiro atoms. The Hall–Kier alpha value is -1.43. The third-order valence-electron chi connectivity index (χ3n) is 2.87. The fraction of sp³-hybridized carbons (Fsp3) is 0.571. The van der Waals surface area contributed by atoms with Crippen molar-refractivity contribution >= 4 is 22.4 Å². The Balaban J connectivity index is 2.73. The Morgan fingerprint density at radius 3 is 2.80 bits per heavy atom. The monoisotopic (exact) mass is 297 g/mol. The molecule has 0 bridgehead atoms. The van der Waals surface area contributed by atoms with Crippen LogP contribution < -0.4 is 10.6 Å². The molecule has 2 atom stereocenters. The topological polar surface area (TPSA) is 71.1 Å². The third-order valence-corrected chi connectivity index (χ3v) is 3.68. The van der Waals surface area contributed by atoms with Crippen molar-refractivity contribution < 1.29 is 9.00 Å². The molecular weight excluding hydrogens is 274 g/mol. The molecule has 6 heteroatoms. The average molecular weight is 297 g/mol. The number of carbonyl (C=O) groups excluding carboxylic acids is 1. The summed E-state index contributed by atoms with van der Waals surface area (Å²) < 4.78 is 11.1. The van der Waals surface area contributed by atoms with E-state index in [1.54, 1.807) is 12.5 Å². The lowest BCUT2D eigenvalue weighted by molar-refractivity contribution is 0.0940. The largest absolute Gasteiger partial charge is 0.385 e. The Labute approximate surface area is 123 Å². The van der Waals surface area contributed by atoms with Gasteiger partial charge in [-0.1, -0.05) is 0 Å². The highest BCUT2D eigenvalue weighted by Crippen LogP contribution is 2.15. The number of nitrogens with zero attached hydrogens (tertiary/aromatic N) is 1. The van der Waals surface area contributed by atoms with Crippen LogP contribution in [0.15, 0.2) is 12.3 Å². The van der Waals surface area contributed by atoms with Gasteiger partial charge in [-0.2, -0.15) is 0 Å². The molecule has 20 heavy (non-hydrogen) atoms. The minimum Gasteiger partial charge on any atom is -0.385 e. The number of nitrogens with one attached hydrogen (secondary N) is 2. The van der Waals surface area contributed by atoms with Gasteiger partial charge in [0.25, 0.3) is 5.91 Å². The Bertz CT molecular complexity index is 491. The van der Waals surface area contributed by atoms with Gasteiger partial charge in [-0.15, -0.1) is 0 Å². The number of pyridine rings is 1. The summed E-state index contributed by atoms with van der Waals surface area (Å²) in [5.74, 6) is 0.441. The van der Waals surface area contributed by atoms with Crippen LogP contribution in [0.4, 0.5) is 5.69 Å². The maximum Gasteiger partial charge on any atom is 0.255 e. The third kappa shape index (κ3) is 5.28. The van der Waals surface area contributed by atoms with E-state index in [4.69, 9.17) is 0 Å². The van der Waals surface area contributed by atoms with Gasteiger partial charge in [0.15, 0.2) is 0 Å². The van der Waals surface area contributed by atoms with Crippen molar-refractivity contribution in [1.29, 1.82) is 0 Å². The summed E-state index contributed by atoms with van der Waals surface area (Å²) in [6.45, 7) is 6.53. The van der Waals surface area contributed by atoms with Gasteiger partial charge in [0, 0.05) is 47.3 Å². The number of hydrogen-bond acceptors (Lipinski definition) is 4. The quantitative estimate of drug-likeness (QED) is 0.804. The SMILES string of the molecule is CCNc1cc(C)ncc1C(=O)NC(C)CCS(C)=O. The maximum absolute atomic E-state index is 12.2. The summed E-state index contributed by atoms with van der Waals surface area (Å²) in [4.78, 5) is 16.4. The molecule has 0 fully saturated rings. The Kier molecular flexibility index (Phi) is 6.64. The van der Waals surface area contributed by atoms with Crippen molar-refractivity contribution in [2.24, 2.45) is 0 Å². The zero-order chi connectivity index (χ0) is 15.1. The molecule has 1 amide bonds. The highest BCUT2D eigenvalue weighted by atomic mass is 32.2. The summed E-state index contributed by atoms with van der Waals surface area (Å²) in [5.41, 5.74) is 2.21. The highest BCUT2D eigenvalue weighted by molar-refractivity contribution is 7.84. The number of carbonyl (C=O) groups is 1. The van der Waals surface area contributed by atoms with Crippen LogP contribution in [0.3, 0.4) is 0 Å². The minimum absolute atomic E-state index is 0.0119. The summed E-state index contributed by atoms with van der Waals surface area (Å²) in [6.07, 6.45) is 3.96. The van der Waals surface area contributed by atoms with Crippen molar-refractivity contribution in [3.8, 4) is 0 Å². The van der Waals surface area contributed by atoms with Crippen LogP contribution in [0.1, 0.15) is 36.3 Å². The van der Waals surface area contributed by atoms with Gasteiger partial charge in [-0.25, -0.2) is 0 Å². The zero-order valence-corrected chi connectivity index (χ0v) is 13.3. The number of anilines is 1. The van der Waals surface area contributed by atoms with Crippen LogP contribution in [0.5, 0.6) is 0 Å². The molecule has 0 aliphatic heterocycles. The molecule has 0 aliphatic carbocycles. The lowest BCUT2D eigenvalue weighted by atomic mass is 10.1. The zero-order valence-electron chi connectivity index (χ0n) is 12.5. The minimum atomic E-state index is -0.832. The molecule has 2 unspecified atom stereocenters. The number of rotatable bonds is 7. The van der Waals surface area contributed by atoms with Crippen LogP contribution in [0, 0.1) is 6.92 Å². The number of aryl methyl sites for hydroxylation is 1. The van der Waals surface area contributed by atoms with Gasteiger partial charge in [0.1, 0.15) is 0 Å². The van der Waals surface area contributed by atoms with Gasteiger partial charge >= 0.3 is 0 Å². The molecule has 1 aromatic rings. The van der Waals surface area contributed by atoms with E-state index in [-0.39, 0.29) is 11.9 Å². The van der Waals surface area contributed by atoms with E-state index >= 15 is 0 Å². The Morgan fingerprint density at radius 2 is 2.20 bits per heavy atom. The summed E-state index contributed by atoms with van der Waals surface area (Å²) in [7, 11) is -0.832. The first-order chi connectivity index (χ1) is 9.43. The molecule has 1 rings (SSSR count). The predicted molar refractivity (Wildman–Crippen MR) is 83.6 cm³/mol. The average Bonchev–Trinajstić information content (AvgIpc) is 2.36. The molecule has 1 heterocycles. The number of amides is 1. The van der Waals surface area contributed by atoms with Crippen molar-refractivity contribution in [2.75, 3.05) is 23.9 Å². The van der Waals surface area contributed by atoms with Crippen LogP contribution in [-0.2, 0) is 10.8 Å². The van der Waals surface area contributed by atoms with Gasteiger partial charge in [-0.05, 0) is 33.3 Å². The van der Waals surface area contributed by atoms with Gasteiger partial charge in [0.05, 0.1) is 11.3 Å². The van der Waals surface area contributed by atoms with E-state index < -0.39 is 10.8 Å². The van der Waals surface area contributed by atoms with Crippen LogP contribution in [-0.4, -0.2) is 39.7 Å². The molecular formula is C14H23N3O2S. The molecule has 0 saturated carbocycles. The predicted octanol–water partition coefficient (Wildman–Crippen LogP) is 1.71. The lowest BCUT2D eigenvalue weighted by Gasteiger charge is -2.15. The normalized spacial score (nSPS) is 13.6. The summed E-state index contributed by atoms with van der Waals surface area (Å²) in [5, 5.41) is 6.09. The first-order valence-electron chi connectivity index (χ1n) is 6.75. The molecule has 0 aromatic carbocycles. The first kappa shape index (κ1) is 16.6. The van der Waals surface area contributed by atoms with E-state index in [1.165, 1.54) is 0 Å². The van der Waals surface area contributed by atoms with Gasteiger partial charge < -0.3 is 10.6 Å². The number of hydrogen-bond donors (Lipinski definition) is 2. The van der Waals surface area contributed by atoms with E-state index in [1.807, 2.05) is 26.8 Å². The fourth-order valence-electron chi connectivity index (χ4n) is 1.79. The van der Waals surface area contributed by atoms with Crippen LogP contribution >= 0.6 is 0 Å². The number of aromatic nitrogens is 1. The van der Waals surface area contributed by atoms with E-state index in [9.17, 15) is 9.00 Å². The second-order valence-electron chi connectivity index (χ2n) is 4.84. The first-order valence-corrected chi connectivity index (χ1v) is 8.48. The highest BCUT2D eigenvalue weighted by Gasteiger charge is 2.14. The van der Waals surface area contributed by atoms with Crippen LogP contribution in [0.2, 0.25) is 0 Å². The summed E-state index contributed by atoms with van der Waals surface area (Å²) in [6, 6.07) is 1.85. The molecule has 0 aliphatic rings. The van der Waals surface area contributed by atoms with Crippen molar-refractivity contribution in [2.45, 2.75) is 33.2 Å². The van der Waals surface area contributed by atoms with Crippen molar-refractivity contribution in [1.82, 2.24) is 10.3 Å². The van der Waals surface area contributed by atoms with Crippen molar-refractivity contribution in [3.05, 3.63) is 23.5 Å². The molecule has 112 valence electrons. The lowest BCUT2D eigenvalue weighted by Crippen LogP contribution is -2.34. The van der Waals surface area contributed by atoms with E-state index in [2.05, 4.69) is 15.6 Å². The maximum atomic E-state index is 12.2.